The van der Waals surface area contributed by atoms with Crippen LogP contribution in [0.1, 0.15) is 18.3 Å². The average molecular weight is 417 g/mol. The Bertz CT molecular complexity index is 973. The number of aryl methyl sites for hydroxylation is 2. The molecule has 6 nitrogen and oxygen atoms in total. The Morgan fingerprint density at radius 2 is 1.93 bits per heavy atom. The first-order valence-corrected chi connectivity index (χ1v) is 10.2. The molecule has 8 heteroatoms. The van der Waals surface area contributed by atoms with Crippen molar-refractivity contribution in [3.8, 4) is 11.4 Å². The lowest BCUT2D eigenvalue weighted by Gasteiger charge is -2.11. The number of aromatic nitrogens is 3. The molecule has 1 amide bonds. The number of thioether (sulfide) groups is 1. The smallest absolute Gasteiger partial charge is 0.234 e. The second-order valence-electron chi connectivity index (χ2n) is 6.09. The molecular weight excluding hydrogens is 396 g/mol. The molecule has 0 saturated heterocycles. The first kappa shape index (κ1) is 20.2. The van der Waals surface area contributed by atoms with E-state index in [9.17, 15) is 4.79 Å². The molecule has 1 heterocycles. The molecule has 0 saturated carbocycles. The van der Waals surface area contributed by atoms with Crippen LogP contribution in [0.2, 0.25) is 5.02 Å². The summed E-state index contributed by atoms with van der Waals surface area (Å²) < 4.78 is 7.40. The molecular formula is C20H21ClN4O2S. The third-order valence-corrected chi connectivity index (χ3v) is 5.17. The van der Waals surface area contributed by atoms with Gasteiger partial charge in [0.05, 0.1) is 12.4 Å². The molecule has 146 valence electrons. The van der Waals surface area contributed by atoms with Crippen molar-refractivity contribution >= 4 is 35.0 Å². The molecule has 0 radical (unpaired) electrons. The van der Waals surface area contributed by atoms with E-state index in [1.165, 1.54) is 11.8 Å². The van der Waals surface area contributed by atoms with Crippen molar-refractivity contribution in [3.05, 3.63) is 58.9 Å². The fourth-order valence-corrected chi connectivity index (χ4v) is 3.61. The summed E-state index contributed by atoms with van der Waals surface area (Å²) >= 11 is 7.34. The summed E-state index contributed by atoms with van der Waals surface area (Å²) in [5, 5.41) is 12.5. The second-order valence-corrected chi connectivity index (χ2v) is 7.47. The predicted molar refractivity (Wildman–Crippen MR) is 113 cm³/mol. The molecule has 0 unspecified atom stereocenters. The molecule has 28 heavy (non-hydrogen) atoms. The zero-order chi connectivity index (χ0) is 20.1. The van der Waals surface area contributed by atoms with Gasteiger partial charge < -0.3 is 10.1 Å². The van der Waals surface area contributed by atoms with Gasteiger partial charge in [-0.3, -0.25) is 9.36 Å². The van der Waals surface area contributed by atoms with Crippen LogP contribution in [-0.2, 0) is 4.79 Å². The molecule has 2 aromatic carbocycles. The highest BCUT2D eigenvalue weighted by atomic mass is 35.5. The van der Waals surface area contributed by atoms with Crippen LogP contribution in [-0.4, -0.2) is 33.0 Å². The van der Waals surface area contributed by atoms with E-state index in [-0.39, 0.29) is 11.7 Å². The summed E-state index contributed by atoms with van der Waals surface area (Å²) in [6, 6.07) is 13.1. The molecule has 3 aromatic rings. The Hall–Kier alpha value is -2.51. The molecule has 0 fully saturated rings. The Balaban J connectivity index is 1.70. The molecule has 0 atom stereocenters. The zero-order valence-corrected chi connectivity index (χ0v) is 17.5. The third kappa shape index (κ3) is 4.85. The maximum atomic E-state index is 12.4. The van der Waals surface area contributed by atoms with Crippen LogP contribution in [0.25, 0.3) is 5.69 Å². The highest BCUT2D eigenvalue weighted by molar-refractivity contribution is 7.99. The van der Waals surface area contributed by atoms with Crippen LogP contribution in [0.3, 0.4) is 0 Å². The van der Waals surface area contributed by atoms with Gasteiger partial charge in [0.2, 0.25) is 5.91 Å². The van der Waals surface area contributed by atoms with Crippen molar-refractivity contribution in [2.75, 3.05) is 17.7 Å². The summed E-state index contributed by atoms with van der Waals surface area (Å²) in [6.45, 7) is 6.36. The van der Waals surface area contributed by atoms with Gasteiger partial charge in [-0.25, -0.2) is 0 Å². The zero-order valence-electron chi connectivity index (χ0n) is 15.9. The summed E-state index contributed by atoms with van der Waals surface area (Å²) in [7, 11) is 0. The standard InChI is InChI=1S/C20H21ClN4O2S/c1-4-27-17-9-7-16(8-10-17)25-14(3)23-24-20(25)28-12-19(26)22-18-11-15(21)6-5-13(18)2/h5-11H,4,12H2,1-3H3,(H,22,26). The van der Waals surface area contributed by atoms with Crippen LogP contribution >= 0.6 is 23.4 Å². The summed E-state index contributed by atoms with van der Waals surface area (Å²) in [4.78, 5) is 12.4. The lowest BCUT2D eigenvalue weighted by molar-refractivity contribution is -0.113. The first-order valence-electron chi connectivity index (χ1n) is 8.82. The van der Waals surface area contributed by atoms with E-state index in [4.69, 9.17) is 16.3 Å². The number of nitrogens with one attached hydrogen (secondary N) is 1. The van der Waals surface area contributed by atoms with Crippen molar-refractivity contribution in [2.45, 2.75) is 25.9 Å². The maximum absolute atomic E-state index is 12.4. The average Bonchev–Trinajstić information content (AvgIpc) is 3.04. The van der Waals surface area contributed by atoms with Gasteiger partial charge in [-0.15, -0.1) is 10.2 Å². The maximum Gasteiger partial charge on any atom is 0.234 e. The Labute approximate surface area is 173 Å². The minimum Gasteiger partial charge on any atom is -0.494 e. The quantitative estimate of drug-likeness (QED) is 0.567. The number of amides is 1. The van der Waals surface area contributed by atoms with Crippen LogP contribution in [0.5, 0.6) is 5.75 Å². The van der Waals surface area contributed by atoms with Crippen LogP contribution in [0.4, 0.5) is 5.69 Å². The van der Waals surface area contributed by atoms with Gasteiger partial charge in [0.1, 0.15) is 11.6 Å². The Kier molecular flexibility index (Phi) is 6.59. The molecule has 0 aliphatic rings. The fourth-order valence-electron chi connectivity index (χ4n) is 2.64. The van der Waals surface area contributed by atoms with E-state index in [0.29, 0.717) is 22.5 Å². The topological polar surface area (TPSA) is 69.0 Å². The van der Waals surface area contributed by atoms with Crippen LogP contribution in [0, 0.1) is 13.8 Å². The van der Waals surface area contributed by atoms with E-state index in [1.807, 2.05) is 55.7 Å². The van der Waals surface area contributed by atoms with Crippen LogP contribution in [0.15, 0.2) is 47.6 Å². The first-order chi connectivity index (χ1) is 13.5. The number of anilines is 1. The normalized spacial score (nSPS) is 10.7. The SMILES string of the molecule is CCOc1ccc(-n2c(C)nnc2SCC(=O)Nc2cc(Cl)ccc2C)cc1. The molecule has 3 rings (SSSR count). The van der Waals surface area contributed by atoms with E-state index >= 15 is 0 Å². The van der Waals surface area contributed by atoms with Crippen molar-refractivity contribution in [1.82, 2.24) is 14.8 Å². The van der Waals surface area contributed by atoms with Gasteiger partial charge >= 0.3 is 0 Å². The summed E-state index contributed by atoms with van der Waals surface area (Å²) in [5.74, 6) is 1.63. The van der Waals surface area contributed by atoms with Crippen LogP contribution < -0.4 is 10.1 Å². The monoisotopic (exact) mass is 416 g/mol. The number of rotatable bonds is 7. The van der Waals surface area contributed by atoms with E-state index in [2.05, 4.69) is 15.5 Å². The molecule has 1 N–H and O–H groups in total. The number of ether oxygens (including phenoxy) is 1. The minimum atomic E-state index is -0.130. The number of halogens is 1. The molecule has 0 aliphatic carbocycles. The lowest BCUT2D eigenvalue weighted by Crippen LogP contribution is -2.15. The molecule has 0 spiro atoms. The number of hydrogen-bond acceptors (Lipinski definition) is 5. The van der Waals surface area contributed by atoms with Gasteiger partial charge in [0, 0.05) is 16.4 Å². The molecule has 0 aliphatic heterocycles. The second kappa shape index (κ2) is 9.12. The number of hydrogen-bond donors (Lipinski definition) is 1. The van der Waals surface area contributed by atoms with Gasteiger partial charge in [-0.1, -0.05) is 29.4 Å². The van der Waals surface area contributed by atoms with Gasteiger partial charge in [-0.05, 0) is 62.7 Å². The highest BCUT2D eigenvalue weighted by Crippen LogP contribution is 2.25. The number of carbonyl (C=O) groups excluding carboxylic acids is 1. The lowest BCUT2D eigenvalue weighted by atomic mass is 10.2. The van der Waals surface area contributed by atoms with E-state index < -0.39 is 0 Å². The van der Waals surface area contributed by atoms with E-state index in [1.54, 1.807) is 12.1 Å². The summed E-state index contributed by atoms with van der Waals surface area (Å²) in [5.41, 5.74) is 2.58. The number of nitrogens with zero attached hydrogens (tertiary/aromatic N) is 3. The van der Waals surface area contributed by atoms with Gasteiger partial charge in [-0.2, -0.15) is 0 Å². The van der Waals surface area contributed by atoms with Crippen molar-refractivity contribution in [1.29, 1.82) is 0 Å². The Morgan fingerprint density at radius 1 is 1.18 bits per heavy atom. The predicted octanol–water partition coefficient (Wildman–Crippen LogP) is 4.67. The van der Waals surface area contributed by atoms with Crippen molar-refractivity contribution < 1.29 is 9.53 Å². The van der Waals surface area contributed by atoms with Crippen molar-refractivity contribution in [2.24, 2.45) is 0 Å². The fraction of sp³-hybridized carbons (Fsp3) is 0.250. The van der Waals surface area contributed by atoms with Gasteiger partial charge in [0.15, 0.2) is 5.16 Å². The highest BCUT2D eigenvalue weighted by Gasteiger charge is 2.14. The van der Waals surface area contributed by atoms with Crippen molar-refractivity contribution in [3.63, 3.8) is 0 Å². The largest absolute Gasteiger partial charge is 0.494 e. The Morgan fingerprint density at radius 3 is 2.64 bits per heavy atom. The minimum absolute atomic E-state index is 0.130. The van der Waals surface area contributed by atoms with Gasteiger partial charge in [0.25, 0.3) is 0 Å². The molecule has 1 aromatic heterocycles. The summed E-state index contributed by atoms with van der Waals surface area (Å²) in [6.07, 6.45) is 0. The van der Waals surface area contributed by atoms with E-state index in [0.717, 1.165) is 22.8 Å². The third-order valence-electron chi connectivity index (χ3n) is 4.01. The number of benzene rings is 2. The number of carbonyl (C=O) groups is 1. The molecule has 0 bridgehead atoms.